The van der Waals surface area contributed by atoms with Crippen LogP contribution in [0.25, 0.3) is 0 Å². The third-order valence-electron chi connectivity index (χ3n) is 6.14. The number of nitrogens with zero attached hydrogens (tertiary/aromatic N) is 1. The second kappa shape index (κ2) is 9.13. The predicted octanol–water partition coefficient (Wildman–Crippen LogP) is 1.88. The average Bonchev–Trinajstić information content (AvgIpc) is 2.95. The zero-order valence-electron chi connectivity index (χ0n) is 18.5. The van der Waals surface area contributed by atoms with E-state index in [4.69, 9.17) is 4.74 Å². The fourth-order valence-electron chi connectivity index (χ4n) is 4.17. The van der Waals surface area contributed by atoms with E-state index >= 15 is 0 Å². The van der Waals surface area contributed by atoms with Crippen molar-refractivity contribution in [1.82, 2.24) is 21.1 Å². The maximum absolute atomic E-state index is 12.9. The van der Waals surface area contributed by atoms with Gasteiger partial charge in [0.2, 0.25) is 0 Å². The average molecular weight is 448 g/mol. The van der Waals surface area contributed by atoms with Crippen LogP contribution >= 0.6 is 0 Å². The van der Waals surface area contributed by atoms with Crippen molar-refractivity contribution in [3.05, 3.63) is 30.1 Å². The fourth-order valence-corrected chi connectivity index (χ4v) is 4.17. The quantitative estimate of drug-likeness (QED) is 0.470. The van der Waals surface area contributed by atoms with E-state index in [1.54, 1.807) is 0 Å². The van der Waals surface area contributed by atoms with Gasteiger partial charge in [-0.3, -0.25) is 30.1 Å². The van der Waals surface area contributed by atoms with Gasteiger partial charge >= 0.3 is 6.03 Å². The Morgan fingerprint density at radius 2 is 1.72 bits per heavy atom. The molecular weight excluding hydrogens is 419 g/mol. The highest BCUT2D eigenvalue weighted by Gasteiger charge is 2.53. The van der Waals surface area contributed by atoms with Gasteiger partial charge in [-0.05, 0) is 61.3 Å². The lowest BCUT2D eigenvalue weighted by Crippen LogP contribution is -2.52. The van der Waals surface area contributed by atoms with Gasteiger partial charge in [0.25, 0.3) is 17.7 Å². The topological polar surface area (TPSA) is 117 Å². The molecule has 1 spiro atoms. The number of rotatable bonds is 5. The molecule has 0 bridgehead atoms. The second-order valence-corrected chi connectivity index (χ2v) is 9.38. The lowest BCUT2D eigenvalue weighted by Gasteiger charge is -2.40. The van der Waals surface area contributed by atoms with Crippen molar-refractivity contribution in [3.8, 4) is 5.75 Å². The molecule has 0 atom stereocenters. The molecule has 1 saturated heterocycles. The number of hydrazine groups is 1. The fraction of sp³-hybridized carbons (Fsp3) is 0.545. The number of halogens is 1. The molecular formula is C22H29FN4O5. The lowest BCUT2D eigenvalue weighted by molar-refractivity contribution is -0.137. The Morgan fingerprint density at radius 3 is 2.31 bits per heavy atom. The van der Waals surface area contributed by atoms with Crippen LogP contribution in [0.1, 0.15) is 46.5 Å². The highest BCUT2D eigenvalue weighted by molar-refractivity contribution is 6.09. The van der Waals surface area contributed by atoms with Crippen LogP contribution in [0.2, 0.25) is 0 Å². The van der Waals surface area contributed by atoms with Gasteiger partial charge in [-0.1, -0.05) is 20.8 Å². The molecule has 5 amide bonds. The minimum absolute atomic E-state index is 0.130. The Kier molecular flexibility index (Phi) is 6.71. The summed E-state index contributed by atoms with van der Waals surface area (Å²) >= 11 is 0. The molecule has 1 heterocycles. The van der Waals surface area contributed by atoms with E-state index in [1.165, 1.54) is 24.3 Å². The van der Waals surface area contributed by atoms with Crippen LogP contribution in [0.15, 0.2) is 24.3 Å². The van der Waals surface area contributed by atoms with Gasteiger partial charge in [-0.2, -0.15) is 0 Å². The molecule has 9 nitrogen and oxygen atoms in total. The molecule has 2 aliphatic rings. The van der Waals surface area contributed by atoms with Crippen LogP contribution < -0.4 is 20.9 Å². The van der Waals surface area contributed by atoms with Crippen LogP contribution in [-0.2, 0) is 14.4 Å². The van der Waals surface area contributed by atoms with Crippen LogP contribution in [0.3, 0.4) is 0 Å². The summed E-state index contributed by atoms with van der Waals surface area (Å²) in [5.41, 5.74) is 3.49. The summed E-state index contributed by atoms with van der Waals surface area (Å²) in [5, 5.41) is 2.78. The number of nitrogens with one attached hydrogen (secondary N) is 3. The maximum atomic E-state index is 12.9. The number of hydrogen-bond donors (Lipinski definition) is 3. The number of amides is 5. The molecule has 3 N–H and O–H groups in total. The lowest BCUT2D eigenvalue weighted by atomic mass is 9.67. The Bertz CT molecular complexity index is 889. The third kappa shape index (κ3) is 5.35. The number of benzene rings is 1. The van der Waals surface area contributed by atoms with Gasteiger partial charge < -0.3 is 10.1 Å². The first kappa shape index (κ1) is 23.5. The molecule has 1 aromatic carbocycles. The third-order valence-corrected chi connectivity index (χ3v) is 6.14. The van der Waals surface area contributed by atoms with E-state index in [0.29, 0.717) is 24.5 Å². The summed E-state index contributed by atoms with van der Waals surface area (Å²) in [5.74, 6) is -1.46. The van der Waals surface area contributed by atoms with Gasteiger partial charge in [0, 0.05) is 0 Å². The Balaban J connectivity index is 1.45. The standard InChI is InChI=1S/C22H29FN4O5/c1-21(2,3)14-8-10-22(11-9-14)19(30)27(20(31)24-22)12-17(28)25-26-18(29)13-32-16-6-4-15(23)5-7-16/h4-7,14H,8-13H2,1-3H3,(H,24,31)(H,25,28)(H,26,29). The van der Waals surface area contributed by atoms with E-state index in [-0.39, 0.29) is 5.41 Å². The van der Waals surface area contributed by atoms with E-state index in [9.17, 15) is 23.6 Å². The zero-order chi connectivity index (χ0) is 23.5. The van der Waals surface area contributed by atoms with Crippen LogP contribution in [-0.4, -0.2) is 47.3 Å². The number of urea groups is 1. The van der Waals surface area contributed by atoms with Crippen LogP contribution in [0, 0.1) is 17.2 Å². The summed E-state index contributed by atoms with van der Waals surface area (Å²) in [6.07, 6.45) is 2.71. The normalized spacial score (nSPS) is 23.1. The first-order chi connectivity index (χ1) is 15.0. The first-order valence-electron chi connectivity index (χ1n) is 10.6. The molecule has 3 rings (SSSR count). The summed E-state index contributed by atoms with van der Waals surface area (Å²) in [6.45, 7) is 5.59. The summed E-state index contributed by atoms with van der Waals surface area (Å²) < 4.78 is 18.0. The zero-order valence-corrected chi connectivity index (χ0v) is 18.5. The van der Waals surface area contributed by atoms with Crippen molar-refractivity contribution in [2.45, 2.75) is 52.0 Å². The molecule has 0 radical (unpaired) electrons. The molecule has 1 aliphatic carbocycles. The SMILES string of the molecule is CC(C)(C)C1CCC2(CC1)NC(=O)N(CC(=O)NNC(=O)COc1ccc(F)cc1)C2=O. The maximum Gasteiger partial charge on any atom is 0.325 e. The highest BCUT2D eigenvalue weighted by Crippen LogP contribution is 2.43. The first-order valence-corrected chi connectivity index (χ1v) is 10.6. The monoisotopic (exact) mass is 448 g/mol. The van der Waals surface area contributed by atoms with Crippen molar-refractivity contribution in [1.29, 1.82) is 0 Å². The summed E-state index contributed by atoms with van der Waals surface area (Å²) in [7, 11) is 0. The number of ether oxygens (including phenoxy) is 1. The molecule has 2 fully saturated rings. The van der Waals surface area contributed by atoms with E-state index in [1.807, 2.05) is 0 Å². The van der Waals surface area contributed by atoms with Crippen molar-refractivity contribution in [2.24, 2.45) is 11.3 Å². The molecule has 0 unspecified atom stereocenters. The number of imide groups is 1. The molecule has 174 valence electrons. The Hall–Kier alpha value is -3.17. The van der Waals surface area contributed by atoms with Gasteiger partial charge in [0.15, 0.2) is 6.61 Å². The predicted molar refractivity (Wildman–Crippen MR) is 113 cm³/mol. The molecule has 1 saturated carbocycles. The minimum Gasteiger partial charge on any atom is -0.484 e. The van der Waals surface area contributed by atoms with Crippen molar-refractivity contribution in [2.75, 3.05) is 13.2 Å². The van der Waals surface area contributed by atoms with Gasteiger partial charge in [0.1, 0.15) is 23.7 Å². The smallest absolute Gasteiger partial charge is 0.325 e. The second-order valence-electron chi connectivity index (χ2n) is 9.38. The number of carbonyl (C=O) groups is 4. The van der Waals surface area contributed by atoms with Crippen molar-refractivity contribution >= 4 is 23.8 Å². The molecule has 0 aromatic heterocycles. The Morgan fingerprint density at radius 1 is 1.12 bits per heavy atom. The van der Waals surface area contributed by atoms with Crippen LogP contribution in [0.5, 0.6) is 5.75 Å². The van der Waals surface area contributed by atoms with E-state index in [0.717, 1.165) is 17.7 Å². The molecule has 1 aliphatic heterocycles. The highest BCUT2D eigenvalue weighted by atomic mass is 19.1. The van der Waals surface area contributed by atoms with Gasteiger partial charge in [-0.15, -0.1) is 0 Å². The van der Waals surface area contributed by atoms with Crippen molar-refractivity contribution < 1.29 is 28.3 Å². The van der Waals surface area contributed by atoms with Gasteiger partial charge in [-0.25, -0.2) is 9.18 Å². The van der Waals surface area contributed by atoms with Gasteiger partial charge in [0.05, 0.1) is 0 Å². The minimum atomic E-state index is -0.953. The molecule has 10 heteroatoms. The summed E-state index contributed by atoms with van der Waals surface area (Å²) in [6, 6.07) is 4.50. The number of carbonyl (C=O) groups excluding carboxylic acids is 4. The largest absolute Gasteiger partial charge is 0.484 e. The van der Waals surface area contributed by atoms with E-state index in [2.05, 4.69) is 36.9 Å². The molecule has 1 aromatic rings. The summed E-state index contributed by atoms with van der Waals surface area (Å²) in [4.78, 5) is 50.2. The van der Waals surface area contributed by atoms with Crippen molar-refractivity contribution in [3.63, 3.8) is 0 Å². The number of hydrogen-bond acceptors (Lipinski definition) is 5. The van der Waals surface area contributed by atoms with E-state index < -0.39 is 48.3 Å². The Labute approximate surface area is 186 Å². The molecule has 32 heavy (non-hydrogen) atoms. The van der Waals surface area contributed by atoms with Crippen LogP contribution in [0.4, 0.5) is 9.18 Å².